The molecule has 0 spiro atoms. The average Bonchev–Trinajstić information content (AvgIpc) is 2.80. The molecule has 41 heavy (non-hydrogen) atoms. The topological polar surface area (TPSA) is 260 Å². The summed E-state index contributed by atoms with van der Waals surface area (Å²) in [5.41, 5.74) is 11.1. The third-order valence-corrected chi connectivity index (χ3v) is 5.77. The number of nitrogens with two attached hydrogens (primary N) is 2. The van der Waals surface area contributed by atoms with E-state index in [-0.39, 0.29) is 37.0 Å². The molecule has 0 aliphatic heterocycles. The highest BCUT2D eigenvalue weighted by Crippen LogP contribution is 2.10. The van der Waals surface area contributed by atoms with Crippen molar-refractivity contribution in [2.45, 2.75) is 104 Å². The zero-order valence-corrected chi connectivity index (χ0v) is 24.6. The van der Waals surface area contributed by atoms with E-state index >= 15 is 0 Å². The van der Waals surface area contributed by atoms with Gasteiger partial charge in [-0.15, -0.1) is 0 Å². The fraction of sp³-hybridized carbons (Fsp3) is 0.731. The minimum absolute atomic E-state index is 0.0359. The van der Waals surface area contributed by atoms with Crippen LogP contribution in [0.4, 0.5) is 0 Å². The van der Waals surface area contributed by atoms with Gasteiger partial charge in [-0.25, -0.2) is 4.79 Å². The standard InChI is InChI=1S/C26H46N6O9/c1-12(2)7-15(27)22(36)29-18(11-21(34)35)25(39)30-16(8-13(3)4)23(37)31-17(10-20(28)33)24(38)32-19(26(40)41)9-14(5)6/h12-19H,7-11,27H2,1-6H3,(H2,28,33)(H,29,36)(H,30,39)(H,31,37)(H,32,38)(H,34,35)(H,40,41). The zero-order valence-electron chi connectivity index (χ0n) is 24.6. The Hall–Kier alpha value is -3.75. The van der Waals surface area contributed by atoms with Crippen molar-refractivity contribution in [3.63, 3.8) is 0 Å². The lowest BCUT2D eigenvalue weighted by Crippen LogP contribution is -2.59. The smallest absolute Gasteiger partial charge is 0.326 e. The lowest BCUT2D eigenvalue weighted by Gasteiger charge is -2.27. The molecule has 5 unspecified atom stereocenters. The van der Waals surface area contributed by atoms with Crippen LogP contribution in [-0.2, 0) is 33.6 Å². The van der Waals surface area contributed by atoms with Crippen molar-refractivity contribution in [2.75, 3.05) is 0 Å². The van der Waals surface area contributed by atoms with Crippen molar-refractivity contribution in [3.05, 3.63) is 0 Å². The number of primary amides is 1. The first kappa shape index (κ1) is 37.2. The Balaban J connectivity index is 5.89. The molecule has 10 N–H and O–H groups in total. The summed E-state index contributed by atoms with van der Waals surface area (Å²) in [6.45, 7) is 10.7. The van der Waals surface area contributed by atoms with Crippen molar-refractivity contribution in [3.8, 4) is 0 Å². The van der Waals surface area contributed by atoms with Crippen LogP contribution in [0, 0.1) is 17.8 Å². The van der Waals surface area contributed by atoms with E-state index in [1.165, 1.54) is 0 Å². The molecule has 0 saturated carbocycles. The Morgan fingerprint density at radius 3 is 1.34 bits per heavy atom. The maximum atomic E-state index is 13.2. The SMILES string of the molecule is CC(C)CC(N)C(=O)NC(CC(=O)O)C(=O)NC(CC(C)C)C(=O)NC(CC(N)=O)C(=O)NC(CC(C)C)C(=O)O. The molecule has 0 radical (unpaired) electrons. The Morgan fingerprint density at radius 1 is 0.561 bits per heavy atom. The Bertz CT molecular complexity index is 954. The molecular weight excluding hydrogens is 540 g/mol. The summed E-state index contributed by atoms with van der Waals surface area (Å²) in [6.07, 6.45) is -1.04. The van der Waals surface area contributed by atoms with E-state index in [2.05, 4.69) is 21.3 Å². The summed E-state index contributed by atoms with van der Waals surface area (Å²) >= 11 is 0. The van der Waals surface area contributed by atoms with Crippen molar-refractivity contribution >= 4 is 41.5 Å². The predicted molar refractivity (Wildman–Crippen MR) is 148 cm³/mol. The molecule has 0 aromatic heterocycles. The monoisotopic (exact) mass is 586 g/mol. The van der Waals surface area contributed by atoms with Crippen LogP contribution in [0.2, 0.25) is 0 Å². The molecule has 0 aliphatic carbocycles. The average molecular weight is 587 g/mol. The number of carboxylic acid groups (broad SMARTS) is 2. The van der Waals surface area contributed by atoms with Gasteiger partial charge in [0.25, 0.3) is 0 Å². The van der Waals surface area contributed by atoms with Crippen molar-refractivity contribution in [1.29, 1.82) is 0 Å². The van der Waals surface area contributed by atoms with Gasteiger partial charge in [-0.05, 0) is 37.0 Å². The quantitative estimate of drug-likeness (QED) is 0.0898. The third-order valence-electron chi connectivity index (χ3n) is 5.77. The number of rotatable bonds is 19. The van der Waals surface area contributed by atoms with E-state index in [1.54, 1.807) is 27.7 Å². The van der Waals surface area contributed by atoms with Gasteiger partial charge in [-0.1, -0.05) is 41.5 Å². The van der Waals surface area contributed by atoms with Crippen LogP contribution in [-0.4, -0.2) is 81.9 Å². The van der Waals surface area contributed by atoms with Gasteiger partial charge in [0.05, 0.1) is 18.9 Å². The molecule has 0 aromatic rings. The van der Waals surface area contributed by atoms with Gasteiger partial charge < -0.3 is 42.9 Å². The van der Waals surface area contributed by atoms with Crippen LogP contribution >= 0.6 is 0 Å². The highest BCUT2D eigenvalue weighted by molar-refractivity contribution is 5.97. The number of aliphatic carboxylic acids is 2. The fourth-order valence-electron chi connectivity index (χ4n) is 3.90. The minimum Gasteiger partial charge on any atom is -0.481 e. The summed E-state index contributed by atoms with van der Waals surface area (Å²) in [6, 6.07) is -6.70. The summed E-state index contributed by atoms with van der Waals surface area (Å²) in [5.74, 6) is -7.43. The summed E-state index contributed by atoms with van der Waals surface area (Å²) in [7, 11) is 0. The van der Waals surface area contributed by atoms with Crippen molar-refractivity contribution < 1.29 is 43.8 Å². The molecule has 0 aliphatic rings. The molecular formula is C26H46N6O9. The number of nitrogens with one attached hydrogen (secondary N) is 4. The fourth-order valence-corrected chi connectivity index (χ4v) is 3.90. The first-order valence-electron chi connectivity index (χ1n) is 13.5. The maximum Gasteiger partial charge on any atom is 0.326 e. The van der Waals surface area contributed by atoms with Gasteiger partial charge >= 0.3 is 11.9 Å². The van der Waals surface area contributed by atoms with Crippen LogP contribution in [0.5, 0.6) is 0 Å². The van der Waals surface area contributed by atoms with Gasteiger partial charge in [-0.3, -0.25) is 28.8 Å². The Labute approximate surface area is 239 Å². The van der Waals surface area contributed by atoms with E-state index in [4.69, 9.17) is 11.5 Å². The van der Waals surface area contributed by atoms with Gasteiger partial charge in [0.2, 0.25) is 29.5 Å². The van der Waals surface area contributed by atoms with Crippen LogP contribution in [0.1, 0.15) is 73.6 Å². The number of hydrogen-bond acceptors (Lipinski definition) is 8. The van der Waals surface area contributed by atoms with Gasteiger partial charge in [0, 0.05) is 0 Å². The van der Waals surface area contributed by atoms with E-state index in [0.29, 0.717) is 0 Å². The van der Waals surface area contributed by atoms with Crippen LogP contribution < -0.4 is 32.7 Å². The Morgan fingerprint density at radius 2 is 0.927 bits per heavy atom. The predicted octanol–water partition coefficient (Wildman–Crippen LogP) is -1.17. The molecule has 0 rings (SSSR count). The number of hydrogen-bond donors (Lipinski definition) is 8. The zero-order chi connectivity index (χ0) is 32.0. The Kier molecular flexibility index (Phi) is 16.2. The molecule has 234 valence electrons. The lowest BCUT2D eigenvalue weighted by molar-refractivity contribution is -0.143. The highest BCUT2D eigenvalue weighted by atomic mass is 16.4. The highest BCUT2D eigenvalue weighted by Gasteiger charge is 2.33. The molecule has 0 heterocycles. The third kappa shape index (κ3) is 15.6. The second-order valence-corrected chi connectivity index (χ2v) is 11.3. The minimum atomic E-state index is -1.56. The second-order valence-electron chi connectivity index (χ2n) is 11.3. The summed E-state index contributed by atoms with van der Waals surface area (Å²) in [4.78, 5) is 86.2. The number of amides is 5. The van der Waals surface area contributed by atoms with Crippen LogP contribution in [0.25, 0.3) is 0 Å². The van der Waals surface area contributed by atoms with Gasteiger partial charge in [0.1, 0.15) is 24.2 Å². The first-order chi connectivity index (χ1) is 18.8. The molecule has 0 aromatic carbocycles. The van der Waals surface area contributed by atoms with E-state index < -0.39 is 84.5 Å². The van der Waals surface area contributed by atoms with Crippen molar-refractivity contribution in [1.82, 2.24) is 21.3 Å². The number of carbonyl (C=O) groups excluding carboxylic acids is 5. The largest absolute Gasteiger partial charge is 0.481 e. The van der Waals surface area contributed by atoms with Crippen LogP contribution in [0.3, 0.4) is 0 Å². The van der Waals surface area contributed by atoms with Crippen molar-refractivity contribution in [2.24, 2.45) is 29.2 Å². The normalized spacial score (nSPS) is 14.9. The molecule has 5 amide bonds. The van der Waals surface area contributed by atoms with Crippen LogP contribution in [0.15, 0.2) is 0 Å². The van der Waals surface area contributed by atoms with Gasteiger partial charge in [0.15, 0.2) is 0 Å². The molecule has 5 atom stereocenters. The molecule has 0 bridgehead atoms. The summed E-state index contributed by atoms with van der Waals surface area (Å²) in [5, 5.41) is 28.1. The van der Waals surface area contributed by atoms with E-state index in [9.17, 15) is 43.8 Å². The first-order valence-corrected chi connectivity index (χ1v) is 13.5. The van der Waals surface area contributed by atoms with E-state index in [0.717, 1.165) is 0 Å². The summed E-state index contributed by atoms with van der Waals surface area (Å²) < 4.78 is 0. The molecule has 0 fully saturated rings. The maximum absolute atomic E-state index is 13.2. The lowest BCUT2D eigenvalue weighted by atomic mass is 10.0. The molecule has 15 nitrogen and oxygen atoms in total. The number of carboxylic acids is 2. The van der Waals surface area contributed by atoms with Gasteiger partial charge in [-0.2, -0.15) is 0 Å². The number of carbonyl (C=O) groups is 7. The molecule has 0 saturated heterocycles. The molecule has 15 heteroatoms. The second kappa shape index (κ2) is 17.8. The van der Waals surface area contributed by atoms with E-state index in [1.807, 2.05) is 13.8 Å².